The Kier molecular flexibility index (Phi) is 4.99. The number of carbonyl (C=O) groups excluding carboxylic acids is 1. The molecular weight excluding hydrogens is 273 g/mol. The van der Waals surface area contributed by atoms with E-state index in [1.54, 1.807) is 0 Å². The molecule has 4 nitrogen and oxygen atoms in total. The van der Waals surface area contributed by atoms with Gasteiger partial charge in [0.05, 0.1) is 18.7 Å². The SMILES string of the molecule is CN(C)C(=O)CN(C)c1ccc(CO)cc1C(F)(F)F. The van der Waals surface area contributed by atoms with E-state index in [9.17, 15) is 18.0 Å². The summed E-state index contributed by atoms with van der Waals surface area (Å²) in [5, 5.41) is 8.93. The Labute approximate surface area is 115 Å². The molecule has 0 spiro atoms. The molecule has 0 aliphatic heterocycles. The van der Waals surface area contributed by atoms with Crippen molar-refractivity contribution < 1.29 is 23.1 Å². The van der Waals surface area contributed by atoms with Crippen molar-refractivity contribution >= 4 is 11.6 Å². The third-order valence-electron chi connectivity index (χ3n) is 2.83. The number of aliphatic hydroxyl groups excluding tert-OH is 1. The van der Waals surface area contributed by atoms with E-state index in [4.69, 9.17) is 5.11 Å². The summed E-state index contributed by atoms with van der Waals surface area (Å²) in [6, 6.07) is 3.56. The molecule has 0 aliphatic rings. The van der Waals surface area contributed by atoms with Gasteiger partial charge in [-0.1, -0.05) is 6.07 Å². The average Bonchev–Trinajstić information content (AvgIpc) is 2.36. The van der Waals surface area contributed by atoms with Gasteiger partial charge >= 0.3 is 6.18 Å². The van der Waals surface area contributed by atoms with Crippen LogP contribution in [0.1, 0.15) is 11.1 Å². The molecule has 0 aliphatic carbocycles. The van der Waals surface area contributed by atoms with Crippen LogP contribution in [-0.2, 0) is 17.6 Å². The molecule has 0 atom stereocenters. The molecule has 1 rings (SSSR count). The largest absolute Gasteiger partial charge is 0.418 e. The van der Waals surface area contributed by atoms with Gasteiger partial charge in [0.15, 0.2) is 0 Å². The number of likely N-dealkylation sites (N-methyl/N-ethyl adjacent to an activating group) is 2. The normalized spacial score (nSPS) is 11.3. The zero-order valence-corrected chi connectivity index (χ0v) is 11.5. The predicted molar refractivity (Wildman–Crippen MR) is 69.3 cm³/mol. The molecule has 112 valence electrons. The fourth-order valence-corrected chi connectivity index (χ4v) is 1.67. The molecule has 20 heavy (non-hydrogen) atoms. The molecule has 0 aromatic heterocycles. The molecular formula is C13H17F3N2O2. The first-order chi connectivity index (χ1) is 9.16. The van der Waals surface area contributed by atoms with Gasteiger partial charge in [0, 0.05) is 26.8 Å². The van der Waals surface area contributed by atoms with Crippen molar-refractivity contribution in [2.24, 2.45) is 0 Å². The highest BCUT2D eigenvalue weighted by atomic mass is 19.4. The molecule has 0 saturated carbocycles. The molecule has 0 bridgehead atoms. The second kappa shape index (κ2) is 6.13. The standard InChI is InChI=1S/C13H17F3N2O2/c1-17(2)12(20)7-18(3)11-5-4-9(8-19)6-10(11)13(14,15)16/h4-6,19H,7-8H2,1-3H3. The Balaban J connectivity index is 3.13. The second-order valence-corrected chi connectivity index (χ2v) is 4.65. The van der Waals surface area contributed by atoms with Crippen molar-refractivity contribution in [1.29, 1.82) is 0 Å². The number of nitrogens with zero attached hydrogens (tertiary/aromatic N) is 2. The number of hydrogen-bond acceptors (Lipinski definition) is 3. The molecule has 0 unspecified atom stereocenters. The van der Waals surface area contributed by atoms with Crippen molar-refractivity contribution in [3.63, 3.8) is 0 Å². The summed E-state index contributed by atoms with van der Waals surface area (Å²) in [6.07, 6.45) is -4.55. The summed E-state index contributed by atoms with van der Waals surface area (Å²) in [7, 11) is 4.50. The number of anilines is 1. The van der Waals surface area contributed by atoms with E-state index in [0.29, 0.717) is 0 Å². The first kappa shape index (κ1) is 16.3. The topological polar surface area (TPSA) is 43.8 Å². The van der Waals surface area contributed by atoms with Gasteiger partial charge < -0.3 is 14.9 Å². The van der Waals surface area contributed by atoms with Gasteiger partial charge in [0.25, 0.3) is 0 Å². The molecule has 1 N–H and O–H groups in total. The average molecular weight is 290 g/mol. The highest BCUT2D eigenvalue weighted by molar-refractivity contribution is 5.81. The maximum Gasteiger partial charge on any atom is 0.418 e. The molecule has 1 aromatic rings. The minimum atomic E-state index is -4.55. The van der Waals surface area contributed by atoms with Crippen LogP contribution >= 0.6 is 0 Å². The summed E-state index contributed by atoms with van der Waals surface area (Å²) < 4.78 is 39.1. The minimum Gasteiger partial charge on any atom is -0.392 e. The molecule has 0 fully saturated rings. The summed E-state index contributed by atoms with van der Waals surface area (Å²) >= 11 is 0. The zero-order valence-electron chi connectivity index (χ0n) is 11.5. The lowest BCUT2D eigenvalue weighted by molar-refractivity contribution is -0.137. The Morgan fingerprint density at radius 2 is 1.85 bits per heavy atom. The Hall–Kier alpha value is -1.76. The molecule has 0 heterocycles. The number of aliphatic hydroxyl groups is 1. The van der Waals surface area contributed by atoms with Crippen LogP contribution in [0.25, 0.3) is 0 Å². The number of benzene rings is 1. The van der Waals surface area contributed by atoms with E-state index in [-0.39, 0.29) is 23.7 Å². The van der Waals surface area contributed by atoms with Crippen molar-refractivity contribution in [3.05, 3.63) is 29.3 Å². The van der Waals surface area contributed by atoms with Crippen molar-refractivity contribution in [3.8, 4) is 0 Å². The highest BCUT2D eigenvalue weighted by Crippen LogP contribution is 2.36. The Bertz CT molecular complexity index is 487. The third-order valence-corrected chi connectivity index (χ3v) is 2.83. The van der Waals surface area contributed by atoms with Gasteiger partial charge in [0.2, 0.25) is 5.91 Å². The Morgan fingerprint density at radius 1 is 1.25 bits per heavy atom. The number of alkyl halides is 3. The predicted octanol–water partition coefficient (Wildman–Crippen LogP) is 1.72. The van der Waals surface area contributed by atoms with E-state index >= 15 is 0 Å². The maximum absolute atomic E-state index is 13.0. The highest BCUT2D eigenvalue weighted by Gasteiger charge is 2.35. The van der Waals surface area contributed by atoms with E-state index in [1.165, 1.54) is 43.1 Å². The van der Waals surface area contributed by atoms with Gasteiger partial charge in [-0.15, -0.1) is 0 Å². The second-order valence-electron chi connectivity index (χ2n) is 4.65. The third kappa shape index (κ3) is 3.86. The quantitative estimate of drug-likeness (QED) is 0.918. The lowest BCUT2D eigenvalue weighted by Crippen LogP contribution is -2.35. The van der Waals surface area contributed by atoms with Crippen molar-refractivity contribution in [2.75, 3.05) is 32.6 Å². The van der Waals surface area contributed by atoms with Gasteiger partial charge in [-0.3, -0.25) is 4.79 Å². The molecule has 7 heteroatoms. The van der Waals surface area contributed by atoms with E-state index in [0.717, 1.165) is 6.07 Å². The summed E-state index contributed by atoms with van der Waals surface area (Å²) in [6.45, 7) is -0.627. The van der Waals surface area contributed by atoms with Crippen molar-refractivity contribution in [2.45, 2.75) is 12.8 Å². The van der Waals surface area contributed by atoms with E-state index in [1.807, 2.05) is 0 Å². The van der Waals surface area contributed by atoms with Crippen LogP contribution in [0, 0.1) is 0 Å². The van der Waals surface area contributed by atoms with Crippen LogP contribution in [0.4, 0.5) is 18.9 Å². The number of rotatable bonds is 4. The van der Waals surface area contributed by atoms with E-state index < -0.39 is 18.3 Å². The van der Waals surface area contributed by atoms with Crippen LogP contribution in [0.3, 0.4) is 0 Å². The number of amides is 1. The molecule has 0 saturated heterocycles. The first-order valence-corrected chi connectivity index (χ1v) is 5.89. The van der Waals surface area contributed by atoms with E-state index in [2.05, 4.69) is 0 Å². The van der Waals surface area contributed by atoms with Crippen molar-refractivity contribution in [1.82, 2.24) is 4.90 Å². The van der Waals surface area contributed by atoms with Crippen LogP contribution in [0.5, 0.6) is 0 Å². The summed E-state index contributed by atoms with van der Waals surface area (Å²) in [5.41, 5.74) is -0.781. The fraction of sp³-hybridized carbons (Fsp3) is 0.462. The van der Waals surface area contributed by atoms with Crippen LogP contribution in [0.2, 0.25) is 0 Å². The Morgan fingerprint density at radius 3 is 2.30 bits per heavy atom. The van der Waals surface area contributed by atoms with Crippen LogP contribution in [-0.4, -0.2) is 43.6 Å². The summed E-state index contributed by atoms with van der Waals surface area (Å²) in [4.78, 5) is 14.1. The lowest BCUT2D eigenvalue weighted by atomic mass is 10.1. The van der Waals surface area contributed by atoms with Crippen LogP contribution < -0.4 is 4.90 Å². The molecule has 1 aromatic carbocycles. The number of carbonyl (C=O) groups is 1. The monoisotopic (exact) mass is 290 g/mol. The molecule has 1 amide bonds. The van der Waals surface area contributed by atoms with Gasteiger partial charge in [-0.2, -0.15) is 13.2 Å². The summed E-state index contributed by atoms with van der Waals surface area (Å²) in [5.74, 6) is -0.299. The minimum absolute atomic E-state index is 0.0927. The number of halogens is 3. The first-order valence-electron chi connectivity index (χ1n) is 5.89. The van der Waals surface area contributed by atoms with Gasteiger partial charge in [-0.05, 0) is 17.7 Å². The smallest absolute Gasteiger partial charge is 0.392 e. The fourth-order valence-electron chi connectivity index (χ4n) is 1.67. The maximum atomic E-state index is 13.0. The van der Waals surface area contributed by atoms with Gasteiger partial charge in [0.1, 0.15) is 0 Å². The van der Waals surface area contributed by atoms with Gasteiger partial charge in [-0.25, -0.2) is 0 Å². The zero-order chi connectivity index (χ0) is 15.5. The molecule has 0 radical (unpaired) electrons. The lowest BCUT2D eigenvalue weighted by Gasteiger charge is -2.24. The number of hydrogen-bond donors (Lipinski definition) is 1. The van der Waals surface area contributed by atoms with Crippen LogP contribution in [0.15, 0.2) is 18.2 Å².